The highest BCUT2D eigenvalue weighted by Gasteiger charge is 2.49. The molecule has 0 spiro atoms. The Bertz CT molecular complexity index is 253. The van der Waals surface area contributed by atoms with Crippen LogP contribution in [0.2, 0.25) is 0 Å². The first-order valence-corrected chi connectivity index (χ1v) is 6.70. The van der Waals surface area contributed by atoms with E-state index in [1.807, 2.05) is 0 Å². The zero-order chi connectivity index (χ0) is 10.5. The molecule has 4 atom stereocenters. The van der Waals surface area contributed by atoms with Crippen molar-refractivity contribution in [1.29, 1.82) is 0 Å². The third-order valence-electron chi connectivity index (χ3n) is 5.23. The van der Waals surface area contributed by atoms with Gasteiger partial charge in [0.1, 0.15) is 0 Å². The summed E-state index contributed by atoms with van der Waals surface area (Å²) in [7, 11) is 0. The first kappa shape index (κ1) is 10.1. The molecule has 2 nitrogen and oxygen atoms in total. The molecule has 0 amide bonds. The topological polar surface area (TPSA) is 29.3 Å². The monoisotopic (exact) mass is 208 g/mol. The Labute approximate surface area is 93.2 Å². The van der Waals surface area contributed by atoms with Crippen molar-refractivity contribution in [3.05, 3.63) is 0 Å². The minimum Gasteiger partial charge on any atom is -0.329 e. The number of fused-ring (bicyclic) bond motifs is 2. The summed E-state index contributed by atoms with van der Waals surface area (Å²) in [5.74, 6) is 1.90. The molecule has 2 N–H and O–H groups in total. The van der Waals surface area contributed by atoms with E-state index in [9.17, 15) is 0 Å². The van der Waals surface area contributed by atoms with Gasteiger partial charge in [0.15, 0.2) is 0 Å². The molecule has 2 heteroatoms. The maximum atomic E-state index is 6.10. The number of hydrogen-bond acceptors (Lipinski definition) is 2. The molecule has 86 valence electrons. The molecule has 0 radical (unpaired) electrons. The second-order valence-electron chi connectivity index (χ2n) is 6.26. The third-order valence-corrected chi connectivity index (χ3v) is 5.23. The first-order chi connectivity index (χ1) is 7.23. The normalized spacial score (nSPS) is 50.4. The second kappa shape index (κ2) is 3.46. The average molecular weight is 208 g/mol. The zero-order valence-corrected chi connectivity index (χ0v) is 9.91. The van der Waals surface area contributed by atoms with E-state index in [1.54, 1.807) is 0 Å². The van der Waals surface area contributed by atoms with Crippen molar-refractivity contribution >= 4 is 0 Å². The number of piperidine rings is 1. The summed E-state index contributed by atoms with van der Waals surface area (Å²) in [5, 5.41) is 0. The standard InChI is InChI=1S/C13H24N2/c1-10-4-5-13(7-10,9-14)15-8-11-2-3-12(15)6-11/h10-12H,2-9,14H2,1H3. The van der Waals surface area contributed by atoms with Crippen LogP contribution < -0.4 is 5.73 Å². The summed E-state index contributed by atoms with van der Waals surface area (Å²) in [6.07, 6.45) is 8.50. The van der Waals surface area contributed by atoms with Crippen LogP contribution >= 0.6 is 0 Å². The van der Waals surface area contributed by atoms with Crippen molar-refractivity contribution in [1.82, 2.24) is 4.90 Å². The summed E-state index contributed by atoms with van der Waals surface area (Å²) in [6, 6.07) is 0.892. The quantitative estimate of drug-likeness (QED) is 0.752. The molecule has 2 bridgehead atoms. The van der Waals surface area contributed by atoms with Gasteiger partial charge >= 0.3 is 0 Å². The van der Waals surface area contributed by atoms with Gasteiger partial charge in [-0.15, -0.1) is 0 Å². The van der Waals surface area contributed by atoms with Crippen LogP contribution in [0.15, 0.2) is 0 Å². The lowest BCUT2D eigenvalue weighted by molar-refractivity contribution is 0.0625. The molecule has 3 fully saturated rings. The van der Waals surface area contributed by atoms with E-state index in [-0.39, 0.29) is 0 Å². The van der Waals surface area contributed by atoms with Gasteiger partial charge in [-0.05, 0) is 50.4 Å². The Balaban J connectivity index is 1.79. The number of nitrogens with zero attached hydrogens (tertiary/aromatic N) is 1. The second-order valence-corrected chi connectivity index (χ2v) is 6.26. The molecule has 15 heavy (non-hydrogen) atoms. The van der Waals surface area contributed by atoms with Gasteiger partial charge in [0.05, 0.1) is 0 Å². The fourth-order valence-electron chi connectivity index (χ4n) is 4.44. The number of likely N-dealkylation sites (tertiary alicyclic amines) is 1. The highest BCUT2D eigenvalue weighted by molar-refractivity contribution is 5.05. The van der Waals surface area contributed by atoms with Gasteiger partial charge in [0.2, 0.25) is 0 Å². The fourth-order valence-corrected chi connectivity index (χ4v) is 4.44. The van der Waals surface area contributed by atoms with Gasteiger partial charge in [-0.25, -0.2) is 0 Å². The summed E-state index contributed by atoms with van der Waals surface area (Å²) in [6.45, 7) is 4.64. The SMILES string of the molecule is CC1CCC(CN)(N2CC3CCC2C3)C1. The Morgan fingerprint density at radius 3 is 2.67 bits per heavy atom. The minimum absolute atomic E-state index is 0.402. The predicted octanol–water partition coefficient (Wildman–Crippen LogP) is 1.99. The van der Waals surface area contributed by atoms with Crippen LogP contribution in [0, 0.1) is 11.8 Å². The molecular weight excluding hydrogens is 184 g/mol. The lowest BCUT2D eigenvalue weighted by Gasteiger charge is -2.43. The highest BCUT2D eigenvalue weighted by Crippen LogP contribution is 2.47. The number of rotatable bonds is 2. The van der Waals surface area contributed by atoms with Crippen LogP contribution in [0.4, 0.5) is 0 Å². The summed E-state index contributed by atoms with van der Waals surface area (Å²) >= 11 is 0. The minimum atomic E-state index is 0.402. The summed E-state index contributed by atoms with van der Waals surface area (Å²) in [5.41, 5.74) is 6.50. The van der Waals surface area contributed by atoms with Crippen molar-refractivity contribution in [2.45, 2.75) is 57.0 Å². The van der Waals surface area contributed by atoms with Crippen molar-refractivity contribution < 1.29 is 0 Å². The van der Waals surface area contributed by atoms with Crippen LogP contribution in [0.5, 0.6) is 0 Å². The van der Waals surface area contributed by atoms with Crippen LogP contribution in [-0.4, -0.2) is 29.6 Å². The molecule has 2 aliphatic carbocycles. The predicted molar refractivity (Wildman–Crippen MR) is 62.6 cm³/mol. The van der Waals surface area contributed by atoms with Crippen LogP contribution in [0.1, 0.15) is 45.4 Å². The van der Waals surface area contributed by atoms with E-state index in [1.165, 1.54) is 45.1 Å². The van der Waals surface area contributed by atoms with Gasteiger partial charge in [-0.1, -0.05) is 6.92 Å². The van der Waals surface area contributed by atoms with E-state index in [4.69, 9.17) is 5.73 Å². The van der Waals surface area contributed by atoms with Crippen molar-refractivity contribution in [3.8, 4) is 0 Å². The smallest absolute Gasteiger partial charge is 0.0337 e. The van der Waals surface area contributed by atoms with Gasteiger partial charge in [0, 0.05) is 24.7 Å². The van der Waals surface area contributed by atoms with E-state index >= 15 is 0 Å². The molecule has 3 rings (SSSR count). The third kappa shape index (κ3) is 1.45. The molecule has 0 aromatic heterocycles. The Hall–Kier alpha value is -0.0800. The molecule has 0 aromatic rings. The van der Waals surface area contributed by atoms with E-state index < -0.39 is 0 Å². The molecule has 1 heterocycles. The Kier molecular flexibility index (Phi) is 2.33. The van der Waals surface area contributed by atoms with E-state index in [0.29, 0.717) is 5.54 Å². The fraction of sp³-hybridized carbons (Fsp3) is 1.00. The van der Waals surface area contributed by atoms with Crippen molar-refractivity contribution in [2.75, 3.05) is 13.1 Å². The lowest BCUT2D eigenvalue weighted by atomic mass is 9.91. The molecule has 0 aromatic carbocycles. The van der Waals surface area contributed by atoms with Gasteiger partial charge < -0.3 is 5.73 Å². The van der Waals surface area contributed by atoms with Crippen molar-refractivity contribution in [2.24, 2.45) is 17.6 Å². The van der Waals surface area contributed by atoms with Gasteiger partial charge in [0.25, 0.3) is 0 Å². The molecule has 4 unspecified atom stereocenters. The summed E-state index contributed by atoms with van der Waals surface area (Å²) in [4.78, 5) is 2.81. The highest BCUT2D eigenvalue weighted by atomic mass is 15.3. The number of nitrogens with two attached hydrogens (primary N) is 1. The van der Waals surface area contributed by atoms with Crippen LogP contribution in [-0.2, 0) is 0 Å². The maximum absolute atomic E-state index is 6.10. The van der Waals surface area contributed by atoms with Crippen LogP contribution in [0.3, 0.4) is 0 Å². The van der Waals surface area contributed by atoms with E-state index in [0.717, 1.165) is 24.4 Å². The van der Waals surface area contributed by atoms with Crippen molar-refractivity contribution in [3.63, 3.8) is 0 Å². The number of hydrogen-bond donors (Lipinski definition) is 1. The average Bonchev–Trinajstić information content (AvgIpc) is 2.91. The van der Waals surface area contributed by atoms with Gasteiger partial charge in [-0.2, -0.15) is 0 Å². The van der Waals surface area contributed by atoms with E-state index in [2.05, 4.69) is 11.8 Å². The summed E-state index contributed by atoms with van der Waals surface area (Å²) < 4.78 is 0. The maximum Gasteiger partial charge on any atom is 0.0337 e. The lowest BCUT2D eigenvalue weighted by Crippen LogP contribution is -2.55. The van der Waals surface area contributed by atoms with Crippen LogP contribution in [0.25, 0.3) is 0 Å². The largest absolute Gasteiger partial charge is 0.329 e. The zero-order valence-electron chi connectivity index (χ0n) is 9.91. The first-order valence-electron chi connectivity index (χ1n) is 6.70. The Morgan fingerprint density at radius 2 is 2.20 bits per heavy atom. The van der Waals surface area contributed by atoms with Gasteiger partial charge in [-0.3, -0.25) is 4.90 Å². The molecule has 1 saturated heterocycles. The molecular formula is C13H24N2. The molecule has 3 aliphatic rings. The Morgan fingerprint density at radius 1 is 1.33 bits per heavy atom. The molecule has 1 aliphatic heterocycles. The molecule has 2 saturated carbocycles.